The van der Waals surface area contributed by atoms with E-state index < -0.39 is 0 Å². The molecule has 2 heterocycles. The number of rotatable bonds is 7. The number of amides is 3. The third-order valence-electron chi connectivity index (χ3n) is 5.26. The fraction of sp³-hybridized carbons (Fsp3) is 0.429. The number of carbonyl (C=O) groups excluding carboxylic acids is 2. The van der Waals surface area contributed by atoms with Crippen molar-refractivity contribution in [2.75, 3.05) is 54.8 Å². The van der Waals surface area contributed by atoms with Crippen molar-refractivity contribution in [2.24, 2.45) is 5.92 Å². The molecule has 1 saturated heterocycles. The van der Waals surface area contributed by atoms with Gasteiger partial charge in [0, 0.05) is 69.0 Å². The van der Waals surface area contributed by atoms with Crippen LogP contribution in [-0.2, 0) is 4.79 Å². The van der Waals surface area contributed by atoms with Gasteiger partial charge in [-0.05, 0) is 37.1 Å². The first-order valence-corrected chi connectivity index (χ1v) is 10.4. The highest BCUT2D eigenvalue weighted by Crippen LogP contribution is 2.30. The van der Waals surface area contributed by atoms with E-state index in [1.807, 2.05) is 18.2 Å². The van der Waals surface area contributed by atoms with Gasteiger partial charge in [0.2, 0.25) is 11.9 Å². The van der Waals surface area contributed by atoms with Gasteiger partial charge in [0.25, 0.3) is 0 Å². The van der Waals surface area contributed by atoms with Gasteiger partial charge in [-0.3, -0.25) is 9.69 Å². The molecule has 2 aromatic rings. The van der Waals surface area contributed by atoms with Crippen LogP contribution in [0.15, 0.2) is 42.7 Å². The molecule has 0 radical (unpaired) electrons. The average Bonchev–Trinajstić information content (AvgIpc) is 3.61. The van der Waals surface area contributed by atoms with Crippen molar-refractivity contribution >= 4 is 29.3 Å². The zero-order valence-corrected chi connectivity index (χ0v) is 16.9. The summed E-state index contributed by atoms with van der Waals surface area (Å²) < 4.78 is 0. The fourth-order valence-corrected chi connectivity index (χ4v) is 3.39. The highest BCUT2D eigenvalue weighted by molar-refractivity contribution is 5.95. The second-order valence-corrected chi connectivity index (χ2v) is 7.60. The van der Waals surface area contributed by atoms with E-state index in [1.165, 1.54) is 0 Å². The lowest BCUT2D eigenvalue weighted by molar-refractivity contribution is -0.117. The molecule has 0 bridgehead atoms. The van der Waals surface area contributed by atoms with Crippen molar-refractivity contribution in [3.05, 3.63) is 42.7 Å². The molecule has 158 valence electrons. The average molecular weight is 409 g/mol. The predicted molar refractivity (Wildman–Crippen MR) is 116 cm³/mol. The van der Waals surface area contributed by atoms with E-state index in [4.69, 9.17) is 0 Å². The minimum Gasteiger partial charge on any atom is -0.338 e. The Morgan fingerprint density at radius 2 is 1.67 bits per heavy atom. The number of piperazine rings is 1. The molecule has 0 spiro atoms. The molecule has 3 N–H and O–H groups in total. The molecular weight excluding hydrogens is 382 g/mol. The molecule has 2 fully saturated rings. The fourth-order valence-electron chi connectivity index (χ4n) is 3.39. The van der Waals surface area contributed by atoms with Gasteiger partial charge in [-0.2, -0.15) is 0 Å². The molecule has 1 aromatic heterocycles. The van der Waals surface area contributed by atoms with Gasteiger partial charge in [0.15, 0.2) is 0 Å². The van der Waals surface area contributed by atoms with E-state index in [0.717, 1.165) is 51.5 Å². The van der Waals surface area contributed by atoms with Crippen molar-refractivity contribution in [3.63, 3.8) is 0 Å². The molecule has 9 nitrogen and oxygen atoms in total. The molecule has 30 heavy (non-hydrogen) atoms. The summed E-state index contributed by atoms with van der Waals surface area (Å²) in [6.45, 7) is 4.90. The summed E-state index contributed by atoms with van der Waals surface area (Å²) in [5.41, 5.74) is 1.35. The third-order valence-corrected chi connectivity index (χ3v) is 5.26. The van der Waals surface area contributed by atoms with Gasteiger partial charge in [0.1, 0.15) is 0 Å². The molecule has 4 rings (SSSR count). The second kappa shape index (κ2) is 9.53. The van der Waals surface area contributed by atoms with Crippen LogP contribution in [0, 0.1) is 5.92 Å². The quantitative estimate of drug-likeness (QED) is 0.644. The Morgan fingerprint density at radius 3 is 2.37 bits per heavy atom. The normalized spacial score (nSPS) is 16.7. The molecule has 1 saturated carbocycles. The molecular formula is C21H27N7O2. The van der Waals surface area contributed by atoms with Crippen molar-refractivity contribution < 1.29 is 9.59 Å². The van der Waals surface area contributed by atoms with Crippen LogP contribution in [0.25, 0.3) is 0 Å². The zero-order chi connectivity index (χ0) is 20.8. The molecule has 1 aliphatic carbocycles. The summed E-state index contributed by atoms with van der Waals surface area (Å²) in [6, 6.07) is 8.77. The van der Waals surface area contributed by atoms with E-state index >= 15 is 0 Å². The number of nitrogens with one attached hydrogen (secondary N) is 3. The van der Waals surface area contributed by atoms with Crippen LogP contribution in [0.3, 0.4) is 0 Å². The molecule has 3 amide bonds. The highest BCUT2D eigenvalue weighted by atomic mass is 16.2. The Morgan fingerprint density at radius 1 is 0.967 bits per heavy atom. The van der Waals surface area contributed by atoms with Gasteiger partial charge < -0.3 is 20.9 Å². The lowest BCUT2D eigenvalue weighted by atomic mass is 10.2. The first kappa shape index (κ1) is 20.1. The SMILES string of the molecule is O=C(NCCN1CCN(c2ncccn2)CC1)Nc1cccc(NC(=O)C2CC2)c1. The Labute approximate surface area is 175 Å². The number of hydrogen-bond acceptors (Lipinski definition) is 6. The van der Waals surface area contributed by atoms with Crippen LogP contribution in [0.5, 0.6) is 0 Å². The molecule has 9 heteroatoms. The number of urea groups is 1. The van der Waals surface area contributed by atoms with E-state index in [9.17, 15) is 9.59 Å². The Kier molecular flexibility index (Phi) is 6.38. The molecule has 0 unspecified atom stereocenters. The van der Waals surface area contributed by atoms with Crippen LogP contribution in [-0.4, -0.2) is 66.1 Å². The van der Waals surface area contributed by atoms with Crippen LogP contribution < -0.4 is 20.9 Å². The van der Waals surface area contributed by atoms with Crippen molar-refractivity contribution in [3.8, 4) is 0 Å². The molecule has 0 atom stereocenters. The Bertz CT molecular complexity index is 865. The maximum absolute atomic E-state index is 12.2. The summed E-state index contributed by atoms with van der Waals surface area (Å²) in [7, 11) is 0. The maximum atomic E-state index is 12.2. The highest BCUT2D eigenvalue weighted by Gasteiger charge is 2.29. The van der Waals surface area contributed by atoms with Crippen LogP contribution in [0.1, 0.15) is 12.8 Å². The third kappa shape index (κ3) is 5.66. The summed E-state index contributed by atoms with van der Waals surface area (Å²) in [5.74, 6) is 0.965. The monoisotopic (exact) mass is 409 g/mol. The summed E-state index contributed by atoms with van der Waals surface area (Å²) in [6.07, 6.45) is 5.43. The van der Waals surface area contributed by atoms with Gasteiger partial charge in [-0.25, -0.2) is 14.8 Å². The minimum absolute atomic E-state index is 0.0514. The zero-order valence-electron chi connectivity index (χ0n) is 16.9. The van der Waals surface area contributed by atoms with E-state index in [0.29, 0.717) is 17.9 Å². The topological polar surface area (TPSA) is 102 Å². The number of carbonyl (C=O) groups is 2. The molecule has 1 aliphatic heterocycles. The van der Waals surface area contributed by atoms with Gasteiger partial charge in [-0.1, -0.05) is 6.07 Å². The summed E-state index contributed by atoms with van der Waals surface area (Å²) >= 11 is 0. The minimum atomic E-state index is -0.253. The van der Waals surface area contributed by atoms with Crippen LogP contribution >= 0.6 is 0 Å². The van der Waals surface area contributed by atoms with Crippen molar-refractivity contribution in [1.29, 1.82) is 0 Å². The van der Waals surface area contributed by atoms with E-state index in [1.54, 1.807) is 24.5 Å². The van der Waals surface area contributed by atoms with Gasteiger partial charge in [0.05, 0.1) is 0 Å². The van der Waals surface area contributed by atoms with E-state index in [2.05, 4.69) is 35.7 Å². The standard InChI is InChI=1S/C21H27N7O2/c29-19(16-5-6-16)25-17-3-1-4-18(15-17)26-21(30)24-9-10-27-11-13-28(14-12-27)20-22-7-2-8-23-20/h1-4,7-8,15-16H,5-6,9-14H2,(H,25,29)(H2,24,26,30). The number of nitrogens with zero attached hydrogens (tertiary/aromatic N) is 4. The summed E-state index contributed by atoms with van der Waals surface area (Å²) in [5, 5.41) is 8.60. The Hall–Kier alpha value is -3.20. The summed E-state index contributed by atoms with van der Waals surface area (Å²) in [4.78, 5) is 37.1. The van der Waals surface area contributed by atoms with Crippen molar-refractivity contribution in [2.45, 2.75) is 12.8 Å². The number of hydrogen-bond donors (Lipinski definition) is 3. The number of aromatic nitrogens is 2. The van der Waals surface area contributed by atoms with Crippen LogP contribution in [0.4, 0.5) is 22.1 Å². The Balaban J connectivity index is 1.15. The largest absolute Gasteiger partial charge is 0.338 e. The lowest BCUT2D eigenvalue weighted by Gasteiger charge is -2.34. The van der Waals surface area contributed by atoms with Crippen LogP contribution in [0.2, 0.25) is 0 Å². The lowest BCUT2D eigenvalue weighted by Crippen LogP contribution is -2.49. The molecule has 1 aromatic carbocycles. The van der Waals surface area contributed by atoms with Gasteiger partial charge in [-0.15, -0.1) is 0 Å². The maximum Gasteiger partial charge on any atom is 0.319 e. The molecule has 2 aliphatic rings. The van der Waals surface area contributed by atoms with Gasteiger partial charge >= 0.3 is 6.03 Å². The van der Waals surface area contributed by atoms with E-state index in [-0.39, 0.29) is 17.9 Å². The van der Waals surface area contributed by atoms with Crippen molar-refractivity contribution in [1.82, 2.24) is 20.2 Å². The number of benzene rings is 1. The first-order valence-electron chi connectivity index (χ1n) is 10.4. The smallest absolute Gasteiger partial charge is 0.319 e. The predicted octanol–water partition coefficient (Wildman–Crippen LogP) is 1.77. The number of anilines is 3. The first-order chi connectivity index (χ1) is 14.7. The second-order valence-electron chi connectivity index (χ2n) is 7.60.